The minimum Gasteiger partial charge on any atom is -0.271 e. The van der Waals surface area contributed by atoms with Gasteiger partial charge in [0.2, 0.25) is 0 Å². The zero-order valence-electron chi connectivity index (χ0n) is 11.8. The van der Waals surface area contributed by atoms with E-state index in [0.29, 0.717) is 16.0 Å². The van der Waals surface area contributed by atoms with Gasteiger partial charge in [-0.2, -0.15) is 0 Å². The predicted octanol–water partition coefficient (Wildman–Crippen LogP) is 4.70. The topological polar surface area (TPSA) is 38.0 Å². The van der Waals surface area contributed by atoms with E-state index >= 15 is 0 Å². The van der Waals surface area contributed by atoms with E-state index in [1.807, 2.05) is 6.07 Å². The van der Waals surface area contributed by atoms with Crippen LogP contribution in [0, 0.1) is 11.7 Å². The molecule has 2 nitrogen and oxygen atoms in total. The lowest BCUT2D eigenvalue weighted by molar-refractivity contribution is 0.350. The third-order valence-corrected chi connectivity index (χ3v) is 4.28. The number of hydrogen-bond acceptors (Lipinski definition) is 2. The van der Waals surface area contributed by atoms with Crippen LogP contribution >= 0.6 is 15.9 Å². The van der Waals surface area contributed by atoms with Gasteiger partial charge in [0, 0.05) is 11.6 Å². The summed E-state index contributed by atoms with van der Waals surface area (Å²) < 4.78 is 14.6. The third-order valence-electron chi connectivity index (χ3n) is 3.67. The zero-order valence-corrected chi connectivity index (χ0v) is 13.3. The fourth-order valence-corrected chi connectivity index (χ4v) is 2.77. The molecule has 2 unspecified atom stereocenters. The van der Waals surface area contributed by atoms with Gasteiger partial charge in [0.25, 0.3) is 0 Å². The van der Waals surface area contributed by atoms with Crippen LogP contribution in [-0.4, -0.2) is 0 Å². The molecule has 0 heterocycles. The highest BCUT2D eigenvalue weighted by Crippen LogP contribution is 2.30. The molecule has 0 amide bonds. The summed E-state index contributed by atoms with van der Waals surface area (Å²) in [6.45, 7) is 4.38. The van der Waals surface area contributed by atoms with Crippen LogP contribution in [0.2, 0.25) is 0 Å². The van der Waals surface area contributed by atoms with Crippen LogP contribution in [0.4, 0.5) is 4.39 Å². The first-order chi connectivity index (χ1) is 9.13. The third kappa shape index (κ3) is 4.86. The zero-order chi connectivity index (χ0) is 14.3. The van der Waals surface area contributed by atoms with Crippen molar-refractivity contribution in [3.63, 3.8) is 0 Å². The maximum atomic E-state index is 14.1. The van der Waals surface area contributed by atoms with Crippen LogP contribution in [-0.2, 0) is 0 Å². The number of hydrazine groups is 1. The molecule has 0 bridgehead atoms. The van der Waals surface area contributed by atoms with Crippen molar-refractivity contribution >= 4 is 15.9 Å². The van der Waals surface area contributed by atoms with Crippen molar-refractivity contribution in [2.75, 3.05) is 0 Å². The molecule has 0 aliphatic heterocycles. The van der Waals surface area contributed by atoms with E-state index in [9.17, 15) is 4.39 Å². The SMILES string of the molecule is CCCCC(CC)CC(NN)c1cccc(Br)c1F. The molecule has 1 rings (SSSR count). The Bertz CT molecular complexity index is 384. The van der Waals surface area contributed by atoms with Crippen molar-refractivity contribution in [3.8, 4) is 0 Å². The van der Waals surface area contributed by atoms with Gasteiger partial charge >= 0.3 is 0 Å². The second kappa shape index (κ2) is 8.67. The van der Waals surface area contributed by atoms with Gasteiger partial charge in [0.05, 0.1) is 4.47 Å². The molecule has 0 aliphatic rings. The monoisotopic (exact) mass is 330 g/mol. The predicted molar refractivity (Wildman–Crippen MR) is 82.1 cm³/mol. The fourth-order valence-electron chi connectivity index (χ4n) is 2.39. The number of nitrogens with one attached hydrogen (secondary N) is 1. The number of unbranched alkanes of at least 4 members (excludes halogenated alkanes) is 1. The summed E-state index contributed by atoms with van der Waals surface area (Å²) in [5.74, 6) is 5.99. The molecule has 19 heavy (non-hydrogen) atoms. The molecular formula is C15H24BrFN2. The summed E-state index contributed by atoms with van der Waals surface area (Å²) >= 11 is 3.23. The maximum absolute atomic E-state index is 14.1. The lowest BCUT2D eigenvalue weighted by Gasteiger charge is -2.23. The van der Waals surface area contributed by atoms with Gasteiger partial charge in [0.15, 0.2) is 0 Å². The second-order valence-corrected chi connectivity index (χ2v) is 5.87. The lowest BCUT2D eigenvalue weighted by atomic mass is 9.89. The van der Waals surface area contributed by atoms with E-state index in [1.165, 1.54) is 19.3 Å². The van der Waals surface area contributed by atoms with Crippen molar-refractivity contribution in [1.82, 2.24) is 5.43 Å². The van der Waals surface area contributed by atoms with Crippen molar-refractivity contribution < 1.29 is 4.39 Å². The van der Waals surface area contributed by atoms with Gasteiger partial charge in [-0.15, -0.1) is 0 Å². The van der Waals surface area contributed by atoms with E-state index in [0.717, 1.165) is 12.8 Å². The molecule has 0 saturated heterocycles. The summed E-state index contributed by atoms with van der Waals surface area (Å²) in [6.07, 6.45) is 5.58. The van der Waals surface area contributed by atoms with Gasteiger partial charge in [-0.25, -0.2) is 4.39 Å². The van der Waals surface area contributed by atoms with E-state index < -0.39 is 0 Å². The molecule has 0 spiro atoms. The second-order valence-electron chi connectivity index (χ2n) is 5.01. The number of halogens is 2. The van der Waals surface area contributed by atoms with Crippen LogP contribution in [0.1, 0.15) is 57.6 Å². The molecule has 108 valence electrons. The Morgan fingerprint density at radius 3 is 2.68 bits per heavy atom. The minimum atomic E-state index is -0.212. The van der Waals surface area contributed by atoms with Gasteiger partial charge in [-0.1, -0.05) is 51.7 Å². The Morgan fingerprint density at radius 2 is 2.11 bits per heavy atom. The first-order valence-electron chi connectivity index (χ1n) is 7.04. The highest BCUT2D eigenvalue weighted by Gasteiger charge is 2.19. The van der Waals surface area contributed by atoms with Crippen LogP contribution < -0.4 is 11.3 Å². The number of benzene rings is 1. The van der Waals surface area contributed by atoms with E-state index in [4.69, 9.17) is 5.84 Å². The Kier molecular flexibility index (Phi) is 7.57. The summed E-state index contributed by atoms with van der Waals surface area (Å²) in [5, 5.41) is 0. The van der Waals surface area contributed by atoms with Crippen molar-refractivity contribution in [2.45, 2.75) is 52.0 Å². The average Bonchev–Trinajstić information content (AvgIpc) is 2.43. The molecule has 1 aromatic carbocycles. The summed E-state index contributed by atoms with van der Waals surface area (Å²) in [6, 6.07) is 5.23. The highest BCUT2D eigenvalue weighted by molar-refractivity contribution is 9.10. The van der Waals surface area contributed by atoms with Gasteiger partial charge < -0.3 is 0 Å². The van der Waals surface area contributed by atoms with Crippen LogP contribution in [0.15, 0.2) is 22.7 Å². The molecule has 4 heteroatoms. The Labute approximate surface area is 124 Å². The van der Waals surface area contributed by atoms with E-state index in [-0.39, 0.29) is 11.9 Å². The van der Waals surface area contributed by atoms with Gasteiger partial charge in [0.1, 0.15) is 5.82 Å². The van der Waals surface area contributed by atoms with Crippen molar-refractivity contribution in [3.05, 3.63) is 34.1 Å². The van der Waals surface area contributed by atoms with E-state index in [1.54, 1.807) is 12.1 Å². The van der Waals surface area contributed by atoms with Crippen LogP contribution in [0.3, 0.4) is 0 Å². The standard InChI is InChI=1S/C15H24BrFN2/c1-3-5-7-11(4-2)10-14(19-18)12-8-6-9-13(16)15(12)17/h6,8-9,11,14,19H,3-5,7,10,18H2,1-2H3. The van der Waals surface area contributed by atoms with Crippen molar-refractivity contribution in [2.24, 2.45) is 11.8 Å². The molecule has 0 aliphatic carbocycles. The van der Waals surface area contributed by atoms with Crippen LogP contribution in [0.5, 0.6) is 0 Å². The van der Waals surface area contributed by atoms with Crippen LogP contribution in [0.25, 0.3) is 0 Å². The normalized spacial score (nSPS) is 14.4. The Hall–Kier alpha value is -0.450. The number of nitrogens with two attached hydrogens (primary N) is 1. The fraction of sp³-hybridized carbons (Fsp3) is 0.600. The minimum absolute atomic E-state index is 0.126. The molecule has 0 aromatic heterocycles. The summed E-state index contributed by atoms with van der Waals surface area (Å²) in [7, 11) is 0. The molecule has 1 aromatic rings. The van der Waals surface area contributed by atoms with E-state index in [2.05, 4.69) is 35.2 Å². The molecule has 0 fully saturated rings. The van der Waals surface area contributed by atoms with Crippen molar-refractivity contribution in [1.29, 1.82) is 0 Å². The number of rotatable bonds is 8. The number of hydrogen-bond donors (Lipinski definition) is 2. The molecule has 0 radical (unpaired) electrons. The summed E-state index contributed by atoms with van der Waals surface area (Å²) in [5.41, 5.74) is 3.41. The Balaban J connectivity index is 2.79. The summed E-state index contributed by atoms with van der Waals surface area (Å²) in [4.78, 5) is 0. The lowest BCUT2D eigenvalue weighted by Crippen LogP contribution is -2.30. The maximum Gasteiger partial charge on any atom is 0.142 e. The Morgan fingerprint density at radius 1 is 1.37 bits per heavy atom. The largest absolute Gasteiger partial charge is 0.271 e. The highest BCUT2D eigenvalue weighted by atomic mass is 79.9. The van der Waals surface area contributed by atoms with Gasteiger partial charge in [-0.3, -0.25) is 11.3 Å². The first kappa shape index (κ1) is 16.6. The molecular weight excluding hydrogens is 307 g/mol. The quantitative estimate of drug-likeness (QED) is 0.535. The van der Waals surface area contributed by atoms with Gasteiger partial charge in [-0.05, 0) is 34.3 Å². The average molecular weight is 331 g/mol. The first-order valence-corrected chi connectivity index (χ1v) is 7.83. The molecule has 3 N–H and O–H groups in total. The smallest absolute Gasteiger partial charge is 0.142 e. The molecule has 0 saturated carbocycles. The molecule has 2 atom stereocenters.